The molecular weight excluding hydrogens is 472 g/mol. The number of benzene rings is 3. The summed E-state index contributed by atoms with van der Waals surface area (Å²) in [6, 6.07) is 17.5. The van der Waals surface area contributed by atoms with Crippen LogP contribution in [0.5, 0.6) is 11.5 Å². The van der Waals surface area contributed by atoms with Crippen LogP contribution in [0.1, 0.15) is 28.7 Å². The number of ether oxygens (including phenoxy) is 1. The standard InChI is InChI=1S/C27H28N6O2S/c1-18-13-20(14-19(2)26(18)34)7-4-5-8-21-15-24(11-12-25(21)28-3)35-17-29-22-9-6-10-23(16-22)33-27(36)30-31-32-33/h6,9-16,28-29,34H,5,8,17H2,1-3H3,(H,30,32,36). The Morgan fingerprint density at radius 1 is 1.11 bits per heavy atom. The fourth-order valence-corrected chi connectivity index (χ4v) is 4.01. The van der Waals surface area contributed by atoms with Crippen molar-refractivity contribution in [3.63, 3.8) is 0 Å². The molecule has 3 aromatic carbocycles. The molecule has 0 atom stereocenters. The van der Waals surface area contributed by atoms with E-state index in [9.17, 15) is 5.11 Å². The van der Waals surface area contributed by atoms with E-state index < -0.39 is 0 Å². The van der Waals surface area contributed by atoms with Gasteiger partial charge in [0.05, 0.1) is 5.69 Å². The van der Waals surface area contributed by atoms with Crippen LogP contribution < -0.4 is 15.4 Å². The number of nitrogens with zero attached hydrogens (tertiary/aromatic N) is 3. The molecule has 0 fully saturated rings. The number of phenols is 1. The van der Waals surface area contributed by atoms with Gasteiger partial charge in [0.15, 0.2) is 6.73 Å². The van der Waals surface area contributed by atoms with Gasteiger partial charge in [-0.2, -0.15) is 5.21 Å². The van der Waals surface area contributed by atoms with Crippen LogP contribution in [0, 0.1) is 30.5 Å². The van der Waals surface area contributed by atoms with Crippen molar-refractivity contribution < 1.29 is 9.84 Å². The second-order valence-electron chi connectivity index (χ2n) is 8.26. The number of aromatic nitrogens is 4. The average Bonchev–Trinajstić information content (AvgIpc) is 3.31. The second-order valence-corrected chi connectivity index (χ2v) is 8.63. The molecule has 0 unspecified atom stereocenters. The minimum atomic E-state index is 0.299. The van der Waals surface area contributed by atoms with Gasteiger partial charge in [-0.3, -0.25) is 0 Å². The van der Waals surface area contributed by atoms with Crippen LogP contribution in [0.15, 0.2) is 54.6 Å². The Hall–Kier alpha value is -4.29. The van der Waals surface area contributed by atoms with Crippen molar-refractivity contribution in [3.8, 4) is 29.0 Å². The van der Waals surface area contributed by atoms with E-state index in [-0.39, 0.29) is 0 Å². The lowest BCUT2D eigenvalue weighted by Crippen LogP contribution is -2.10. The number of aryl methyl sites for hydroxylation is 3. The molecule has 0 saturated carbocycles. The van der Waals surface area contributed by atoms with E-state index in [1.807, 2.05) is 75.5 Å². The van der Waals surface area contributed by atoms with E-state index in [2.05, 4.69) is 38.0 Å². The Morgan fingerprint density at radius 3 is 2.64 bits per heavy atom. The SMILES string of the molecule is CNc1ccc(OCNc2cccc(-n3[nH]nnc3=S)c2)cc1CCC#Cc1cc(C)c(O)c(C)c1. The first kappa shape index (κ1) is 24.8. The minimum absolute atomic E-state index is 0.299. The maximum Gasteiger partial charge on any atom is 0.242 e. The molecule has 4 rings (SSSR count). The maximum atomic E-state index is 9.94. The normalized spacial score (nSPS) is 10.4. The zero-order valence-electron chi connectivity index (χ0n) is 20.4. The maximum absolute atomic E-state index is 9.94. The van der Waals surface area contributed by atoms with Crippen molar-refractivity contribution in [2.45, 2.75) is 26.7 Å². The first-order valence-corrected chi connectivity index (χ1v) is 11.9. The van der Waals surface area contributed by atoms with Gasteiger partial charge in [0.1, 0.15) is 11.5 Å². The van der Waals surface area contributed by atoms with Crippen LogP contribution in [0.3, 0.4) is 0 Å². The number of hydrogen-bond donors (Lipinski definition) is 4. The topological polar surface area (TPSA) is 100 Å². The summed E-state index contributed by atoms with van der Waals surface area (Å²) in [5.74, 6) is 7.55. The molecule has 0 aliphatic rings. The molecule has 0 aliphatic heterocycles. The van der Waals surface area contributed by atoms with Crippen LogP contribution in [-0.2, 0) is 6.42 Å². The summed E-state index contributed by atoms with van der Waals surface area (Å²) in [5, 5.41) is 26.7. The molecule has 0 radical (unpaired) electrons. The van der Waals surface area contributed by atoms with Gasteiger partial charge in [-0.05, 0) is 97.7 Å². The monoisotopic (exact) mass is 500 g/mol. The first-order valence-electron chi connectivity index (χ1n) is 11.5. The van der Waals surface area contributed by atoms with Gasteiger partial charge in [0.25, 0.3) is 0 Å². The highest BCUT2D eigenvalue weighted by molar-refractivity contribution is 7.71. The molecule has 0 saturated heterocycles. The molecule has 0 amide bonds. The van der Waals surface area contributed by atoms with Gasteiger partial charge < -0.3 is 20.5 Å². The van der Waals surface area contributed by atoms with Gasteiger partial charge in [0, 0.05) is 30.4 Å². The van der Waals surface area contributed by atoms with E-state index in [1.54, 1.807) is 4.68 Å². The van der Waals surface area contributed by atoms with Gasteiger partial charge in [-0.25, -0.2) is 4.68 Å². The zero-order valence-corrected chi connectivity index (χ0v) is 21.2. The van der Waals surface area contributed by atoms with E-state index in [4.69, 9.17) is 17.0 Å². The third kappa shape index (κ3) is 6.03. The smallest absolute Gasteiger partial charge is 0.242 e. The Labute approximate surface area is 215 Å². The predicted molar refractivity (Wildman–Crippen MR) is 144 cm³/mol. The first-order chi connectivity index (χ1) is 17.4. The molecule has 4 aromatic rings. The summed E-state index contributed by atoms with van der Waals surface area (Å²) >= 11 is 5.16. The number of phenolic OH excluding ortho intramolecular Hbond substituents is 1. The van der Waals surface area contributed by atoms with Crippen LogP contribution in [-0.4, -0.2) is 39.1 Å². The van der Waals surface area contributed by atoms with Crippen LogP contribution >= 0.6 is 12.2 Å². The van der Waals surface area contributed by atoms with Gasteiger partial charge >= 0.3 is 0 Å². The van der Waals surface area contributed by atoms with Crippen LogP contribution in [0.4, 0.5) is 11.4 Å². The van der Waals surface area contributed by atoms with E-state index in [0.717, 1.165) is 51.5 Å². The minimum Gasteiger partial charge on any atom is -0.507 e. The second kappa shape index (κ2) is 11.4. The summed E-state index contributed by atoms with van der Waals surface area (Å²) in [6.07, 6.45) is 1.48. The molecule has 0 aliphatic carbocycles. The third-order valence-corrected chi connectivity index (χ3v) is 5.94. The number of aromatic hydroxyl groups is 1. The molecule has 9 heteroatoms. The summed E-state index contributed by atoms with van der Waals surface area (Å²) in [7, 11) is 1.91. The van der Waals surface area contributed by atoms with Crippen LogP contribution in [0.25, 0.3) is 5.69 Å². The quantitative estimate of drug-likeness (QED) is 0.151. The molecule has 8 nitrogen and oxygen atoms in total. The fourth-order valence-electron chi connectivity index (χ4n) is 3.82. The lowest BCUT2D eigenvalue weighted by molar-refractivity contribution is 0.346. The number of nitrogens with one attached hydrogen (secondary N) is 3. The highest BCUT2D eigenvalue weighted by atomic mass is 32.1. The molecule has 4 N–H and O–H groups in total. The highest BCUT2D eigenvalue weighted by Crippen LogP contribution is 2.24. The van der Waals surface area contributed by atoms with Gasteiger partial charge in [0.2, 0.25) is 4.77 Å². The van der Waals surface area contributed by atoms with Crippen molar-refractivity contribution in [2.75, 3.05) is 24.4 Å². The van der Waals surface area contributed by atoms with Crippen LogP contribution in [0.2, 0.25) is 0 Å². The number of tetrazole rings is 1. The largest absolute Gasteiger partial charge is 0.507 e. The average molecular weight is 501 g/mol. The number of H-pyrrole nitrogens is 1. The lowest BCUT2D eigenvalue weighted by Gasteiger charge is -2.13. The summed E-state index contributed by atoms with van der Waals surface area (Å²) in [5.41, 5.74) is 6.47. The highest BCUT2D eigenvalue weighted by Gasteiger charge is 2.05. The Kier molecular flexibility index (Phi) is 7.88. The molecule has 36 heavy (non-hydrogen) atoms. The number of aromatic amines is 1. The van der Waals surface area contributed by atoms with Crippen molar-refractivity contribution in [1.82, 2.24) is 20.2 Å². The van der Waals surface area contributed by atoms with Crippen molar-refractivity contribution >= 4 is 23.6 Å². The Bertz CT molecular complexity index is 1460. The molecule has 184 valence electrons. The van der Waals surface area contributed by atoms with E-state index >= 15 is 0 Å². The molecular formula is C27H28N6O2S. The van der Waals surface area contributed by atoms with Crippen molar-refractivity contribution in [2.24, 2.45) is 0 Å². The van der Waals surface area contributed by atoms with Gasteiger partial charge in [-0.15, -0.1) is 0 Å². The zero-order chi connectivity index (χ0) is 25.5. The molecule has 0 spiro atoms. The Morgan fingerprint density at radius 2 is 1.92 bits per heavy atom. The predicted octanol–water partition coefficient (Wildman–Crippen LogP) is 5.12. The molecule has 1 aromatic heterocycles. The summed E-state index contributed by atoms with van der Waals surface area (Å²) < 4.78 is 7.94. The fraction of sp³-hybridized carbons (Fsp3) is 0.222. The van der Waals surface area contributed by atoms with E-state index in [0.29, 0.717) is 23.7 Å². The van der Waals surface area contributed by atoms with Gasteiger partial charge in [-0.1, -0.05) is 28.2 Å². The van der Waals surface area contributed by atoms with E-state index in [1.165, 1.54) is 0 Å². The van der Waals surface area contributed by atoms with Crippen molar-refractivity contribution in [3.05, 3.63) is 81.6 Å². The number of rotatable bonds is 8. The van der Waals surface area contributed by atoms with Crippen molar-refractivity contribution in [1.29, 1.82) is 0 Å². The summed E-state index contributed by atoms with van der Waals surface area (Å²) in [4.78, 5) is 0. The molecule has 1 heterocycles. The third-order valence-electron chi connectivity index (χ3n) is 5.68. The number of anilines is 2. The number of hydrogen-bond acceptors (Lipinski definition) is 7. The Balaban J connectivity index is 1.36. The lowest BCUT2D eigenvalue weighted by atomic mass is 10.0. The summed E-state index contributed by atoms with van der Waals surface area (Å²) in [6.45, 7) is 4.07. The molecule has 0 bridgehead atoms.